The highest BCUT2D eigenvalue weighted by atomic mass is 79.9. The van der Waals surface area contributed by atoms with Crippen LogP contribution in [0.2, 0.25) is 0 Å². The molecule has 0 spiro atoms. The molecular weight excluding hydrogens is 370 g/mol. The van der Waals surface area contributed by atoms with Crippen molar-refractivity contribution in [2.24, 2.45) is 5.41 Å². The third-order valence-electron chi connectivity index (χ3n) is 3.18. The van der Waals surface area contributed by atoms with Gasteiger partial charge in [0.1, 0.15) is 0 Å². The first-order valence-electron chi connectivity index (χ1n) is 6.38. The quantitative estimate of drug-likeness (QED) is 0.742. The average Bonchev–Trinajstić information content (AvgIpc) is 2.30. The summed E-state index contributed by atoms with van der Waals surface area (Å²) >= 11 is 6.91. The molecule has 19 heavy (non-hydrogen) atoms. The van der Waals surface area contributed by atoms with Crippen LogP contribution in [0.4, 0.5) is 0 Å². The predicted octanol–water partition coefficient (Wildman–Crippen LogP) is 4.69. The van der Waals surface area contributed by atoms with Gasteiger partial charge in [0.15, 0.2) is 0 Å². The van der Waals surface area contributed by atoms with E-state index in [1.54, 1.807) is 0 Å². The van der Waals surface area contributed by atoms with Gasteiger partial charge in [-0.05, 0) is 36.5 Å². The summed E-state index contributed by atoms with van der Waals surface area (Å²) in [5, 5.41) is 4.01. The molecule has 1 unspecified atom stereocenters. The van der Waals surface area contributed by atoms with E-state index in [1.807, 2.05) is 25.1 Å². The first-order valence-corrected chi connectivity index (χ1v) is 8.30. The molecule has 0 saturated heterocycles. The van der Waals surface area contributed by atoms with Gasteiger partial charge in [0.2, 0.25) is 0 Å². The molecule has 1 atom stereocenters. The third-order valence-corrected chi connectivity index (χ3v) is 4.49. The highest BCUT2D eigenvalue weighted by molar-refractivity contribution is 9.10. The van der Waals surface area contributed by atoms with Gasteiger partial charge in [-0.15, -0.1) is 0 Å². The van der Waals surface area contributed by atoms with Crippen molar-refractivity contribution in [1.29, 1.82) is 0 Å². The molecule has 0 aliphatic carbocycles. The fourth-order valence-electron chi connectivity index (χ4n) is 1.81. The first kappa shape index (κ1) is 16.7. The zero-order valence-electron chi connectivity index (χ0n) is 11.9. The maximum Gasteiger partial charge on any atom is 0.251 e. The Morgan fingerprint density at radius 3 is 2.47 bits per heavy atom. The zero-order valence-corrected chi connectivity index (χ0v) is 15.1. The van der Waals surface area contributed by atoms with E-state index in [0.29, 0.717) is 5.56 Å². The van der Waals surface area contributed by atoms with E-state index in [9.17, 15) is 4.79 Å². The lowest BCUT2D eigenvalue weighted by molar-refractivity contribution is 0.0900. The Morgan fingerprint density at radius 1 is 1.37 bits per heavy atom. The van der Waals surface area contributed by atoms with E-state index < -0.39 is 0 Å². The molecule has 0 radical (unpaired) electrons. The second-order valence-corrected chi connectivity index (χ2v) is 7.48. The van der Waals surface area contributed by atoms with E-state index in [4.69, 9.17) is 0 Å². The lowest BCUT2D eigenvalue weighted by Crippen LogP contribution is -2.44. The third kappa shape index (κ3) is 4.92. The van der Waals surface area contributed by atoms with Crippen LogP contribution < -0.4 is 5.32 Å². The Bertz CT molecular complexity index is 452. The Kier molecular flexibility index (Phi) is 6.06. The van der Waals surface area contributed by atoms with Crippen LogP contribution in [0.15, 0.2) is 22.7 Å². The van der Waals surface area contributed by atoms with Crippen LogP contribution >= 0.6 is 31.9 Å². The molecule has 4 heteroatoms. The lowest BCUT2D eigenvalue weighted by Gasteiger charge is -2.31. The highest BCUT2D eigenvalue weighted by Crippen LogP contribution is 2.23. The Hall–Kier alpha value is -0.350. The van der Waals surface area contributed by atoms with Crippen molar-refractivity contribution in [3.05, 3.63) is 33.8 Å². The van der Waals surface area contributed by atoms with Crippen LogP contribution in [0.1, 0.15) is 43.1 Å². The molecule has 0 bridgehead atoms. The number of hydrogen-bond donors (Lipinski definition) is 1. The van der Waals surface area contributed by atoms with Gasteiger partial charge in [0.05, 0.1) is 0 Å². The second kappa shape index (κ2) is 6.89. The molecule has 0 aliphatic rings. The minimum absolute atomic E-state index is 0.0124. The molecule has 0 aliphatic heterocycles. The molecular formula is C15H21Br2NO. The van der Waals surface area contributed by atoms with Crippen LogP contribution in [0.5, 0.6) is 0 Å². The van der Waals surface area contributed by atoms with Crippen LogP contribution in [-0.4, -0.2) is 17.3 Å². The summed E-state index contributed by atoms with van der Waals surface area (Å²) in [6, 6.07) is 5.84. The molecule has 1 rings (SSSR count). The maximum atomic E-state index is 12.3. The van der Waals surface area contributed by atoms with Crippen LogP contribution in [0, 0.1) is 12.3 Å². The monoisotopic (exact) mass is 389 g/mol. The number of halogens is 2. The number of benzene rings is 1. The summed E-state index contributed by atoms with van der Waals surface area (Å²) in [7, 11) is 0. The van der Waals surface area contributed by atoms with Crippen LogP contribution in [0.3, 0.4) is 0 Å². The number of carbonyl (C=O) groups excluding carboxylic acids is 1. The molecule has 0 heterocycles. The average molecular weight is 391 g/mol. The summed E-state index contributed by atoms with van der Waals surface area (Å²) in [6.45, 7) is 8.44. The zero-order chi connectivity index (χ0) is 14.6. The van der Waals surface area contributed by atoms with E-state index in [0.717, 1.165) is 21.8 Å². The summed E-state index contributed by atoms with van der Waals surface area (Å²) in [5.74, 6) is -0.0124. The highest BCUT2D eigenvalue weighted by Gasteiger charge is 2.25. The van der Waals surface area contributed by atoms with Gasteiger partial charge < -0.3 is 5.32 Å². The van der Waals surface area contributed by atoms with Crippen molar-refractivity contribution in [2.45, 2.75) is 40.2 Å². The Balaban J connectivity index is 2.84. The van der Waals surface area contributed by atoms with E-state index >= 15 is 0 Å². The number of carbonyl (C=O) groups is 1. The van der Waals surface area contributed by atoms with Gasteiger partial charge in [-0.1, -0.05) is 58.7 Å². The van der Waals surface area contributed by atoms with Gasteiger partial charge in [-0.2, -0.15) is 0 Å². The van der Waals surface area contributed by atoms with Gasteiger partial charge in [-0.3, -0.25) is 4.79 Å². The summed E-state index contributed by atoms with van der Waals surface area (Å²) < 4.78 is 0.966. The van der Waals surface area contributed by atoms with E-state index in [1.165, 1.54) is 0 Å². The number of nitrogens with one attached hydrogen (secondary N) is 1. The van der Waals surface area contributed by atoms with Crippen molar-refractivity contribution in [2.75, 3.05) is 5.33 Å². The number of rotatable bonds is 4. The molecule has 1 N–H and O–H groups in total. The van der Waals surface area contributed by atoms with E-state index in [2.05, 4.69) is 57.9 Å². The van der Waals surface area contributed by atoms with Crippen molar-refractivity contribution in [1.82, 2.24) is 5.32 Å². The maximum absolute atomic E-state index is 12.3. The molecule has 0 fully saturated rings. The summed E-state index contributed by atoms with van der Waals surface area (Å²) in [6.07, 6.45) is 0.919. The Morgan fingerprint density at radius 2 is 2.00 bits per heavy atom. The molecule has 0 aromatic heterocycles. The number of hydrogen-bond acceptors (Lipinski definition) is 1. The van der Waals surface area contributed by atoms with Crippen LogP contribution in [0.25, 0.3) is 0 Å². The van der Waals surface area contributed by atoms with Crippen molar-refractivity contribution >= 4 is 37.8 Å². The predicted molar refractivity (Wildman–Crippen MR) is 88.0 cm³/mol. The van der Waals surface area contributed by atoms with Crippen LogP contribution in [-0.2, 0) is 0 Å². The minimum atomic E-state index is -0.0124. The normalized spacial score (nSPS) is 13.2. The standard InChI is InChI=1S/C15H21Br2NO/c1-10-5-6-11(9-12(10)17)14(19)18-13(7-8-16)15(2,3)4/h5-6,9,13H,7-8H2,1-4H3,(H,18,19). The number of alkyl halides is 1. The molecule has 2 nitrogen and oxygen atoms in total. The summed E-state index contributed by atoms with van der Waals surface area (Å²) in [5.41, 5.74) is 1.87. The SMILES string of the molecule is Cc1ccc(C(=O)NC(CCBr)C(C)(C)C)cc1Br. The topological polar surface area (TPSA) is 29.1 Å². The molecule has 1 aromatic rings. The van der Waals surface area contributed by atoms with Gasteiger partial charge in [0.25, 0.3) is 5.91 Å². The largest absolute Gasteiger partial charge is 0.349 e. The molecule has 1 aromatic carbocycles. The summed E-state index contributed by atoms with van der Waals surface area (Å²) in [4.78, 5) is 12.3. The molecule has 0 saturated carbocycles. The number of aryl methyl sites for hydroxylation is 1. The van der Waals surface area contributed by atoms with Gasteiger partial charge in [-0.25, -0.2) is 0 Å². The minimum Gasteiger partial charge on any atom is -0.349 e. The number of amides is 1. The smallest absolute Gasteiger partial charge is 0.251 e. The first-order chi connectivity index (χ1) is 8.75. The Labute approximate surface area is 132 Å². The fourth-order valence-corrected chi connectivity index (χ4v) is 2.64. The molecule has 106 valence electrons. The molecule has 1 amide bonds. The second-order valence-electron chi connectivity index (χ2n) is 5.83. The fraction of sp³-hybridized carbons (Fsp3) is 0.533. The lowest BCUT2D eigenvalue weighted by atomic mass is 9.85. The van der Waals surface area contributed by atoms with Gasteiger partial charge in [0, 0.05) is 21.4 Å². The van der Waals surface area contributed by atoms with Gasteiger partial charge >= 0.3 is 0 Å². The van der Waals surface area contributed by atoms with Crippen molar-refractivity contribution < 1.29 is 4.79 Å². The van der Waals surface area contributed by atoms with Crippen molar-refractivity contribution in [3.8, 4) is 0 Å². The van der Waals surface area contributed by atoms with E-state index in [-0.39, 0.29) is 17.4 Å². The van der Waals surface area contributed by atoms with Crippen molar-refractivity contribution in [3.63, 3.8) is 0 Å².